The molecule has 0 aromatic heterocycles. The summed E-state index contributed by atoms with van der Waals surface area (Å²) < 4.78 is 10.4. The lowest BCUT2D eigenvalue weighted by molar-refractivity contribution is -0.384. The van der Waals surface area contributed by atoms with Crippen LogP contribution in [0.25, 0.3) is 0 Å². The number of nitro groups is 1. The van der Waals surface area contributed by atoms with Gasteiger partial charge in [-0.25, -0.2) is 0 Å². The molecule has 1 saturated heterocycles. The van der Waals surface area contributed by atoms with Crippen LogP contribution in [0.4, 0.5) is 11.4 Å². The number of nitrogens with zero attached hydrogens (tertiary/aromatic N) is 3. The molecule has 1 N–H and O–H groups in total. The molecule has 1 aromatic rings. The molecule has 10 nitrogen and oxygen atoms in total. The smallest absolute Gasteiger partial charge is 0.273 e. The van der Waals surface area contributed by atoms with Gasteiger partial charge in [-0.3, -0.25) is 19.7 Å². The van der Waals surface area contributed by atoms with Crippen molar-refractivity contribution in [2.45, 2.75) is 11.7 Å². The van der Waals surface area contributed by atoms with Gasteiger partial charge in [-0.2, -0.15) is 4.99 Å². The third kappa shape index (κ3) is 4.55. The van der Waals surface area contributed by atoms with Crippen LogP contribution in [0.3, 0.4) is 0 Å². The van der Waals surface area contributed by atoms with Gasteiger partial charge in [0.2, 0.25) is 5.91 Å². The maximum Gasteiger partial charge on any atom is 0.273 e. The number of morpholine rings is 1. The van der Waals surface area contributed by atoms with E-state index >= 15 is 0 Å². The highest BCUT2D eigenvalue weighted by Crippen LogP contribution is 2.31. The molecule has 1 unspecified atom stereocenters. The fraction of sp³-hybridized carbons (Fsp3) is 0.438. The molecule has 1 atom stereocenters. The zero-order valence-electron chi connectivity index (χ0n) is 14.5. The predicted molar refractivity (Wildman–Crippen MR) is 99.1 cm³/mol. The summed E-state index contributed by atoms with van der Waals surface area (Å²) in [4.78, 5) is 40.7. The van der Waals surface area contributed by atoms with E-state index in [0.29, 0.717) is 37.2 Å². The Hall–Kier alpha value is -2.66. The Bertz CT molecular complexity index is 793. The molecule has 0 spiro atoms. The largest absolute Gasteiger partial charge is 0.494 e. The third-order valence-electron chi connectivity index (χ3n) is 4.05. The number of nitro benzene ring substituents is 1. The molecule has 0 bridgehead atoms. The Morgan fingerprint density at radius 1 is 1.48 bits per heavy atom. The van der Waals surface area contributed by atoms with Gasteiger partial charge in [0, 0.05) is 25.6 Å². The van der Waals surface area contributed by atoms with Crippen LogP contribution in [0.5, 0.6) is 5.75 Å². The minimum Gasteiger partial charge on any atom is -0.494 e. The van der Waals surface area contributed by atoms with Crippen LogP contribution in [-0.4, -0.2) is 65.5 Å². The van der Waals surface area contributed by atoms with E-state index in [2.05, 4.69) is 10.3 Å². The lowest BCUT2D eigenvalue weighted by Gasteiger charge is -2.27. The molecular formula is C16H18N4O6S. The zero-order chi connectivity index (χ0) is 19.4. The van der Waals surface area contributed by atoms with Crippen LogP contribution < -0.4 is 10.1 Å². The number of hydrogen-bond donors (Lipinski definition) is 1. The molecule has 27 heavy (non-hydrogen) atoms. The maximum atomic E-state index is 12.3. The van der Waals surface area contributed by atoms with Crippen LogP contribution in [0.1, 0.15) is 6.42 Å². The van der Waals surface area contributed by atoms with Gasteiger partial charge in [-0.1, -0.05) is 11.8 Å². The van der Waals surface area contributed by atoms with Gasteiger partial charge >= 0.3 is 0 Å². The van der Waals surface area contributed by atoms with Crippen molar-refractivity contribution in [3.63, 3.8) is 0 Å². The average molecular weight is 394 g/mol. The number of hydrogen-bond acceptors (Lipinski definition) is 8. The average Bonchev–Trinajstić information content (AvgIpc) is 3.03. The van der Waals surface area contributed by atoms with E-state index in [1.165, 1.54) is 37.1 Å². The number of non-ortho nitro benzene ring substituents is 1. The first-order valence-electron chi connectivity index (χ1n) is 8.22. The topological polar surface area (TPSA) is 123 Å². The summed E-state index contributed by atoms with van der Waals surface area (Å²) in [5, 5.41) is 13.5. The molecule has 3 rings (SSSR count). The number of aliphatic imine (C=N–C) groups is 1. The Morgan fingerprint density at radius 3 is 2.89 bits per heavy atom. The molecule has 0 saturated carbocycles. The number of ether oxygens (including phenoxy) is 2. The van der Waals surface area contributed by atoms with E-state index in [4.69, 9.17) is 9.47 Å². The summed E-state index contributed by atoms with van der Waals surface area (Å²) in [7, 11) is 1.35. The highest BCUT2D eigenvalue weighted by atomic mass is 32.2. The number of amides is 2. The lowest BCUT2D eigenvalue weighted by atomic mass is 10.2. The number of rotatable bonds is 5. The number of amidine groups is 1. The maximum absolute atomic E-state index is 12.3. The number of anilines is 1. The number of carbonyl (C=O) groups is 2. The predicted octanol–water partition coefficient (Wildman–Crippen LogP) is 1.26. The quantitative estimate of drug-likeness (QED) is 0.585. The molecule has 2 heterocycles. The van der Waals surface area contributed by atoms with Crippen molar-refractivity contribution in [1.82, 2.24) is 4.90 Å². The first-order chi connectivity index (χ1) is 13.0. The summed E-state index contributed by atoms with van der Waals surface area (Å²) in [6.45, 7) is 2.49. The second-order valence-electron chi connectivity index (χ2n) is 5.83. The van der Waals surface area contributed by atoms with Gasteiger partial charge in [-0.05, 0) is 6.07 Å². The van der Waals surface area contributed by atoms with E-state index in [0.717, 1.165) is 0 Å². The van der Waals surface area contributed by atoms with Crippen molar-refractivity contribution in [3.05, 3.63) is 28.3 Å². The summed E-state index contributed by atoms with van der Waals surface area (Å²) >= 11 is 1.27. The van der Waals surface area contributed by atoms with Crippen LogP contribution in [-0.2, 0) is 14.3 Å². The first-order valence-corrected chi connectivity index (χ1v) is 9.10. The summed E-state index contributed by atoms with van der Waals surface area (Å²) in [6, 6.07) is 3.89. The number of benzene rings is 1. The van der Waals surface area contributed by atoms with Crippen LogP contribution >= 0.6 is 11.8 Å². The van der Waals surface area contributed by atoms with Gasteiger partial charge in [0.1, 0.15) is 11.0 Å². The second kappa shape index (κ2) is 8.35. The zero-order valence-corrected chi connectivity index (χ0v) is 15.4. The Morgan fingerprint density at radius 2 is 2.22 bits per heavy atom. The van der Waals surface area contributed by atoms with Crippen LogP contribution in [0.2, 0.25) is 0 Å². The number of nitrogens with one attached hydrogen (secondary N) is 1. The molecule has 1 fully saturated rings. The van der Waals surface area contributed by atoms with E-state index in [1.807, 2.05) is 4.90 Å². The van der Waals surface area contributed by atoms with Gasteiger partial charge in [0.25, 0.3) is 11.6 Å². The molecule has 2 amide bonds. The van der Waals surface area contributed by atoms with Gasteiger partial charge < -0.3 is 19.7 Å². The fourth-order valence-corrected chi connectivity index (χ4v) is 3.78. The van der Waals surface area contributed by atoms with Crippen LogP contribution in [0.15, 0.2) is 23.2 Å². The van der Waals surface area contributed by atoms with Gasteiger partial charge in [-0.15, -0.1) is 0 Å². The number of methoxy groups -OCH3 is 1. The Balaban J connectivity index is 1.60. The molecule has 1 aromatic carbocycles. The molecular weight excluding hydrogens is 376 g/mol. The van der Waals surface area contributed by atoms with Gasteiger partial charge in [0.05, 0.1) is 37.0 Å². The van der Waals surface area contributed by atoms with E-state index in [-0.39, 0.29) is 23.8 Å². The minimum atomic E-state index is -0.591. The number of thioether (sulfide) groups is 1. The van der Waals surface area contributed by atoms with E-state index < -0.39 is 16.1 Å². The molecule has 0 radical (unpaired) electrons. The third-order valence-corrected chi connectivity index (χ3v) is 5.26. The standard InChI is InChI=1S/C16H18N4O6S/c1-25-12-8-10(20(23)24)2-3-11(12)17-14(21)9-13-15(22)18-16(27-13)19-4-6-26-7-5-19/h2-3,8,13H,4-7,9H2,1H3,(H,17,21). The van der Waals surface area contributed by atoms with Crippen molar-refractivity contribution in [3.8, 4) is 5.75 Å². The second-order valence-corrected chi connectivity index (χ2v) is 7.00. The van der Waals surface area contributed by atoms with E-state index in [9.17, 15) is 19.7 Å². The van der Waals surface area contributed by atoms with Crippen LogP contribution in [0, 0.1) is 10.1 Å². The molecule has 2 aliphatic rings. The molecule has 0 aliphatic carbocycles. The first kappa shape index (κ1) is 19.1. The van der Waals surface area contributed by atoms with E-state index in [1.54, 1.807) is 0 Å². The summed E-state index contributed by atoms with van der Waals surface area (Å²) in [5.41, 5.74) is 0.160. The summed E-state index contributed by atoms with van der Waals surface area (Å²) in [6.07, 6.45) is -0.0546. The monoisotopic (exact) mass is 394 g/mol. The molecule has 11 heteroatoms. The lowest BCUT2D eigenvalue weighted by Crippen LogP contribution is -2.39. The molecule has 2 aliphatic heterocycles. The highest BCUT2D eigenvalue weighted by Gasteiger charge is 2.33. The summed E-state index contributed by atoms with van der Waals surface area (Å²) in [5.74, 6) is -0.563. The van der Waals surface area contributed by atoms with Crippen molar-refractivity contribution < 1.29 is 24.0 Å². The Kier molecular flexibility index (Phi) is 5.91. The minimum absolute atomic E-state index is 0.0546. The molecule has 144 valence electrons. The van der Waals surface area contributed by atoms with Crippen molar-refractivity contribution in [1.29, 1.82) is 0 Å². The highest BCUT2D eigenvalue weighted by molar-refractivity contribution is 8.15. The van der Waals surface area contributed by atoms with Gasteiger partial charge in [0.15, 0.2) is 5.17 Å². The number of carbonyl (C=O) groups excluding carboxylic acids is 2. The fourth-order valence-electron chi connectivity index (χ4n) is 2.67. The SMILES string of the molecule is COc1cc([N+](=O)[O-])ccc1NC(=O)CC1SC(N2CCOCC2)=NC1=O. The van der Waals surface area contributed by atoms with Crippen molar-refractivity contribution in [2.75, 3.05) is 38.7 Å². The normalized spacial score (nSPS) is 19.6. The van der Waals surface area contributed by atoms with Crippen molar-refractivity contribution >= 4 is 40.1 Å². The van der Waals surface area contributed by atoms with Crippen molar-refractivity contribution in [2.24, 2.45) is 4.99 Å². The Labute approximate surface area is 159 Å².